The third kappa shape index (κ3) is 3.32. The highest BCUT2D eigenvalue weighted by Gasteiger charge is 2.20. The van der Waals surface area contributed by atoms with Gasteiger partial charge in [-0.15, -0.1) is 11.3 Å². The molecule has 6 nitrogen and oxygen atoms in total. The van der Waals surface area contributed by atoms with E-state index in [1.807, 2.05) is 19.1 Å². The largest absolute Gasteiger partial charge is 0.335 e. The molecule has 0 spiro atoms. The summed E-state index contributed by atoms with van der Waals surface area (Å²) in [5.74, 6) is -0.374. The molecule has 0 radical (unpaired) electrons. The number of thiophene rings is 1. The standard InChI is InChI=1S/C21H17N3O3S/c1-11-7-8-18(28-11)17-10-16(19-12(2)24-27-21(19)23-17)20(26)22-15-6-4-5-14(9-15)13(3)25/h4-10H,1-3H3,(H,22,26). The second-order valence-electron chi connectivity index (χ2n) is 6.50. The zero-order valence-electron chi connectivity index (χ0n) is 15.6. The molecule has 0 fully saturated rings. The summed E-state index contributed by atoms with van der Waals surface area (Å²) in [6.45, 7) is 5.28. The molecule has 3 heterocycles. The zero-order chi connectivity index (χ0) is 19.8. The van der Waals surface area contributed by atoms with Crippen LogP contribution in [0, 0.1) is 13.8 Å². The Morgan fingerprint density at radius 2 is 1.93 bits per heavy atom. The van der Waals surface area contributed by atoms with Crippen molar-refractivity contribution in [2.75, 3.05) is 5.32 Å². The Bertz CT molecular complexity index is 1220. The molecule has 28 heavy (non-hydrogen) atoms. The maximum Gasteiger partial charge on any atom is 0.259 e. The van der Waals surface area contributed by atoms with Gasteiger partial charge in [0.2, 0.25) is 0 Å². The van der Waals surface area contributed by atoms with E-state index in [1.165, 1.54) is 6.92 Å². The van der Waals surface area contributed by atoms with Gasteiger partial charge in [-0.1, -0.05) is 17.3 Å². The molecule has 4 rings (SSSR count). The Balaban J connectivity index is 1.78. The van der Waals surface area contributed by atoms with Gasteiger partial charge in [0.25, 0.3) is 11.6 Å². The highest BCUT2D eigenvalue weighted by molar-refractivity contribution is 7.15. The first-order valence-corrected chi connectivity index (χ1v) is 9.50. The van der Waals surface area contributed by atoms with E-state index < -0.39 is 0 Å². The van der Waals surface area contributed by atoms with Crippen LogP contribution in [0.2, 0.25) is 0 Å². The van der Waals surface area contributed by atoms with Crippen LogP contribution in [0.25, 0.3) is 21.7 Å². The van der Waals surface area contributed by atoms with E-state index in [1.54, 1.807) is 48.6 Å². The number of Topliss-reactive ketones (excluding diaryl/α,β-unsaturated/α-hetero) is 1. The molecule has 1 aromatic carbocycles. The normalized spacial score (nSPS) is 11.0. The highest BCUT2D eigenvalue weighted by Crippen LogP contribution is 2.31. The lowest BCUT2D eigenvalue weighted by molar-refractivity contribution is 0.101. The zero-order valence-corrected chi connectivity index (χ0v) is 16.4. The van der Waals surface area contributed by atoms with Crippen molar-refractivity contribution in [3.8, 4) is 10.6 Å². The van der Waals surface area contributed by atoms with Crippen molar-refractivity contribution in [3.05, 3.63) is 64.2 Å². The van der Waals surface area contributed by atoms with E-state index in [-0.39, 0.29) is 11.7 Å². The molecule has 1 N–H and O–H groups in total. The lowest BCUT2D eigenvalue weighted by Gasteiger charge is -2.08. The molecule has 140 valence electrons. The molecule has 0 atom stereocenters. The summed E-state index contributed by atoms with van der Waals surface area (Å²) in [5.41, 5.74) is 3.09. The highest BCUT2D eigenvalue weighted by atomic mass is 32.1. The predicted octanol–water partition coefficient (Wildman–Crippen LogP) is 5.02. The van der Waals surface area contributed by atoms with Crippen molar-refractivity contribution < 1.29 is 14.1 Å². The number of rotatable bonds is 4. The average molecular weight is 391 g/mol. The Morgan fingerprint density at radius 1 is 1.11 bits per heavy atom. The topological polar surface area (TPSA) is 85.1 Å². The molecule has 0 unspecified atom stereocenters. The summed E-state index contributed by atoms with van der Waals surface area (Å²) in [6, 6.07) is 12.6. The number of nitrogens with zero attached hydrogens (tertiary/aromatic N) is 2. The Labute approximate surface area is 165 Å². The monoisotopic (exact) mass is 391 g/mol. The number of fused-ring (bicyclic) bond motifs is 1. The van der Waals surface area contributed by atoms with E-state index in [2.05, 4.69) is 15.5 Å². The Morgan fingerprint density at radius 3 is 2.64 bits per heavy atom. The van der Waals surface area contributed by atoms with E-state index >= 15 is 0 Å². The number of anilines is 1. The maximum atomic E-state index is 13.1. The van der Waals surface area contributed by atoms with Crippen molar-refractivity contribution in [1.82, 2.24) is 10.1 Å². The van der Waals surface area contributed by atoms with Gasteiger partial charge in [0.15, 0.2) is 5.78 Å². The second-order valence-corrected chi connectivity index (χ2v) is 7.79. The molecule has 0 saturated heterocycles. The van der Waals surface area contributed by atoms with Crippen molar-refractivity contribution in [2.24, 2.45) is 0 Å². The molecule has 1 amide bonds. The summed E-state index contributed by atoms with van der Waals surface area (Å²) in [6.07, 6.45) is 0. The number of amides is 1. The van der Waals surface area contributed by atoms with Crippen molar-refractivity contribution >= 4 is 39.8 Å². The van der Waals surface area contributed by atoms with Gasteiger partial charge in [-0.25, -0.2) is 4.98 Å². The molecule has 3 aromatic heterocycles. The Hall–Kier alpha value is -3.32. The van der Waals surface area contributed by atoms with Crippen LogP contribution in [-0.2, 0) is 0 Å². The molecular formula is C21H17N3O3S. The minimum Gasteiger partial charge on any atom is -0.335 e. The number of nitrogens with one attached hydrogen (secondary N) is 1. The molecule has 0 bridgehead atoms. The fraction of sp³-hybridized carbons (Fsp3) is 0.143. The van der Waals surface area contributed by atoms with Crippen LogP contribution in [-0.4, -0.2) is 21.8 Å². The minimum absolute atomic E-state index is 0.0624. The van der Waals surface area contributed by atoms with Crippen LogP contribution >= 0.6 is 11.3 Å². The summed E-state index contributed by atoms with van der Waals surface area (Å²) in [7, 11) is 0. The molecule has 0 aliphatic carbocycles. The summed E-state index contributed by atoms with van der Waals surface area (Å²) >= 11 is 1.59. The minimum atomic E-state index is -0.311. The van der Waals surface area contributed by atoms with Gasteiger partial charge >= 0.3 is 0 Å². The summed E-state index contributed by atoms with van der Waals surface area (Å²) in [4.78, 5) is 31.3. The first kappa shape index (κ1) is 18.1. The molecule has 4 aromatic rings. The molecular weight excluding hydrogens is 374 g/mol. The Kier molecular flexibility index (Phi) is 4.52. The van der Waals surface area contributed by atoms with E-state index in [0.29, 0.717) is 39.3 Å². The van der Waals surface area contributed by atoms with E-state index in [4.69, 9.17) is 4.52 Å². The number of benzene rings is 1. The predicted molar refractivity (Wildman–Crippen MR) is 109 cm³/mol. The van der Waals surface area contributed by atoms with Crippen LogP contribution in [0.5, 0.6) is 0 Å². The van der Waals surface area contributed by atoms with Gasteiger partial charge < -0.3 is 9.84 Å². The molecule has 0 aliphatic heterocycles. The fourth-order valence-corrected chi connectivity index (χ4v) is 3.81. The molecule has 0 saturated carbocycles. The third-order valence-electron chi connectivity index (χ3n) is 4.38. The van der Waals surface area contributed by atoms with Gasteiger partial charge in [-0.05, 0) is 51.1 Å². The van der Waals surface area contributed by atoms with Gasteiger partial charge in [0.05, 0.1) is 27.2 Å². The first-order valence-electron chi connectivity index (χ1n) is 8.68. The quantitative estimate of drug-likeness (QED) is 0.494. The van der Waals surface area contributed by atoms with Crippen LogP contribution in [0.4, 0.5) is 5.69 Å². The number of hydrogen-bond donors (Lipinski definition) is 1. The third-order valence-corrected chi connectivity index (χ3v) is 5.40. The van der Waals surface area contributed by atoms with Crippen LogP contribution in [0.1, 0.15) is 38.2 Å². The van der Waals surface area contributed by atoms with E-state index in [0.717, 1.165) is 9.75 Å². The van der Waals surface area contributed by atoms with Gasteiger partial charge in [-0.2, -0.15) is 0 Å². The van der Waals surface area contributed by atoms with Gasteiger partial charge in [0.1, 0.15) is 0 Å². The van der Waals surface area contributed by atoms with Crippen LogP contribution in [0.3, 0.4) is 0 Å². The lowest BCUT2D eigenvalue weighted by Crippen LogP contribution is -2.13. The number of hydrogen-bond acceptors (Lipinski definition) is 6. The number of aromatic nitrogens is 2. The van der Waals surface area contributed by atoms with Gasteiger partial charge in [0, 0.05) is 16.1 Å². The first-order chi connectivity index (χ1) is 13.4. The SMILES string of the molecule is CC(=O)c1cccc(NC(=O)c2cc(-c3ccc(C)s3)nc3onc(C)c23)c1. The van der Waals surface area contributed by atoms with Crippen molar-refractivity contribution in [3.63, 3.8) is 0 Å². The van der Waals surface area contributed by atoms with E-state index in [9.17, 15) is 9.59 Å². The maximum absolute atomic E-state index is 13.1. The lowest BCUT2D eigenvalue weighted by atomic mass is 10.1. The number of pyridine rings is 1. The number of aryl methyl sites for hydroxylation is 2. The number of ketones is 1. The fourth-order valence-electron chi connectivity index (χ4n) is 2.99. The smallest absolute Gasteiger partial charge is 0.259 e. The number of carbonyl (C=O) groups is 2. The van der Waals surface area contributed by atoms with Crippen molar-refractivity contribution in [2.45, 2.75) is 20.8 Å². The molecule has 0 aliphatic rings. The van der Waals surface area contributed by atoms with Crippen molar-refractivity contribution in [1.29, 1.82) is 0 Å². The van der Waals surface area contributed by atoms with Crippen LogP contribution < -0.4 is 5.32 Å². The second kappa shape index (κ2) is 7.01. The summed E-state index contributed by atoms with van der Waals surface area (Å²) < 4.78 is 5.33. The van der Waals surface area contributed by atoms with Gasteiger partial charge in [-0.3, -0.25) is 9.59 Å². The summed E-state index contributed by atoms with van der Waals surface area (Å²) in [5, 5.41) is 7.41. The average Bonchev–Trinajstić information content (AvgIpc) is 3.27. The number of carbonyl (C=O) groups excluding carboxylic acids is 2. The van der Waals surface area contributed by atoms with Crippen LogP contribution in [0.15, 0.2) is 47.0 Å². The molecule has 7 heteroatoms.